The van der Waals surface area contributed by atoms with Crippen LogP contribution in [0.2, 0.25) is 0 Å². The number of benzene rings is 4. The highest BCUT2D eigenvalue weighted by atomic mass is 16.4. The van der Waals surface area contributed by atoms with Crippen molar-refractivity contribution in [1.29, 1.82) is 0 Å². The predicted molar refractivity (Wildman–Crippen MR) is 126 cm³/mol. The second kappa shape index (κ2) is 9.50. The van der Waals surface area contributed by atoms with Gasteiger partial charge in [0.05, 0.1) is 5.54 Å². The predicted octanol–water partition coefficient (Wildman–Crippen LogP) is 4.97. The molecule has 0 amide bonds. The second-order valence-electron chi connectivity index (χ2n) is 7.75. The van der Waals surface area contributed by atoms with Crippen LogP contribution in [0.15, 0.2) is 115 Å². The summed E-state index contributed by atoms with van der Waals surface area (Å²) in [7, 11) is 0. The highest BCUT2D eigenvalue weighted by molar-refractivity contribution is 5.74. The Morgan fingerprint density at radius 1 is 0.688 bits per heavy atom. The second-order valence-corrected chi connectivity index (χ2v) is 7.75. The van der Waals surface area contributed by atoms with E-state index in [0.717, 1.165) is 22.3 Å². The van der Waals surface area contributed by atoms with Crippen LogP contribution in [0, 0.1) is 0 Å². The van der Waals surface area contributed by atoms with Gasteiger partial charge in [-0.2, -0.15) is 0 Å². The highest BCUT2D eigenvalue weighted by Gasteiger charge is 2.39. The average Bonchev–Trinajstić information content (AvgIpc) is 2.84. The number of hydrogen-bond donors (Lipinski definition) is 3. The lowest BCUT2D eigenvalue weighted by atomic mass is 9.76. The van der Waals surface area contributed by atoms with Gasteiger partial charge in [-0.15, -0.1) is 0 Å². The lowest BCUT2D eigenvalue weighted by Gasteiger charge is -2.39. The summed E-state index contributed by atoms with van der Waals surface area (Å²) in [4.78, 5) is 12.4. The molecule has 4 rings (SSSR count). The van der Waals surface area contributed by atoms with Crippen LogP contribution in [-0.4, -0.2) is 22.2 Å². The fraction of sp³-hybridized carbons (Fsp3) is 0.107. The van der Waals surface area contributed by atoms with E-state index in [9.17, 15) is 15.0 Å². The maximum absolute atomic E-state index is 12.4. The molecule has 1 unspecified atom stereocenters. The van der Waals surface area contributed by atoms with Crippen molar-refractivity contribution >= 4 is 5.97 Å². The molecule has 160 valence electrons. The van der Waals surface area contributed by atoms with E-state index < -0.39 is 17.6 Å². The molecule has 0 aromatic heterocycles. The fourth-order valence-electron chi connectivity index (χ4n) is 4.14. The Morgan fingerprint density at radius 3 is 1.47 bits per heavy atom. The molecule has 4 heteroatoms. The van der Waals surface area contributed by atoms with Gasteiger partial charge in [0.1, 0.15) is 11.8 Å². The van der Waals surface area contributed by atoms with Crippen LogP contribution in [0.1, 0.15) is 22.3 Å². The monoisotopic (exact) mass is 423 g/mol. The third-order valence-electron chi connectivity index (χ3n) is 5.69. The molecule has 4 aromatic carbocycles. The molecule has 0 radical (unpaired) electrons. The molecule has 0 aliphatic rings. The molecular formula is C28H25NO3. The number of rotatable bonds is 8. The summed E-state index contributed by atoms with van der Waals surface area (Å²) in [6, 6.07) is 35.6. The molecule has 0 saturated heterocycles. The number of aromatic hydroxyl groups is 1. The third kappa shape index (κ3) is 4.41. The van der Waals surface area contributed by atoms with Gasteiger partial charge in [0.15, 0.2) is 0 Å². The molecule has 32 heavy (non-hydrogen) atoms. The van der Waals surface area contributed by atoms with E-state index in [2.05, 4.69) is 5.32 Å². The first-order valence-electron chi connectivity index (χ1n) is 10.5. The van der Waals surface area contributed by atoms with Crippen LogP contribution < -0.4 is 5.32 Å². The van der Waals surface area contributed by atoms with E-state index in [1.807, 2.05) is 91.0 Å². The van der Waals surface area contributed by atoms with Gasteiger partial charge in [-0.05, 0) is 40.8 Å². The number of aliphatic carboxylic acids is 1. The summed E-state index contributed by atoms with van der Waals surface area (Å²) in [5.41, 5.74) is 2.81. The van der Waals surface area contributed by atoms with Crippen molar-refractivity contribution in [2.75, 3.05) is 0 Å². The van der Waals surface area contributed by atoms with E-state index in [4.69, 9.17) is 0 Å². The van der Waals surface area contributed by atoms with E-state index in [1.165, 1.54) is 0 Å². The van der Waals surface area contributed by atoms with Crippen LogP contribution in [0.25, 0.3) is 0 Å². The van der Waals surface area contributed by atoms with Crippen molar-refractivity contribution in [2.24, 2.45) is 0 Å². The molecule has 1 atom stereocenters. The lowest BCUT2D eigenvalue weighted by molar-refractivity contribution is -0.139. The molecule has 0 saturated carbocycles. The summed E-state index contributed by atoms with van der Waals surface area (Å²) in [5, 5.41) is 23.3. The van der Waals surface area contributed by atoms with Gasteiger partial charge in [-0.1, -0.05) is 103 Å². The van der Waals surface area contributed by atoms with Gasteiger partial charge >= 0.3 is 5.97 Å². The van der Waals surface area contributed by atoms with Crippen molar-refractivity contribution in [3.8, 4) is 5.75 Å². The van der Waals surface area contributed by atoms with Crippen molar-refractivity contribution in [2.45, 2.75) is 18.0 Å². The zero-order valence-electron chi connectivity index (χ0n) is 17.6. The Morgan fingerprint density at radius 2 is 1.09 bits per heavy atom. The summed E-state index contributed by atoms with van der Waals surface area (Å²) in [6.07, 6.45) is 0.268. The molecule has 0 spiro atoms. The summed E-state index contributed by atoms with van der Waals surface area (Å²) >= 11 is 0. The minimum absolute atomic E-state index is 0.154. The zero-order valence-corrected chi connectivity index (χ0v) is 17.6. The van der Waals surface area contributed by atoms with Gasteiger partial charge in [0.25, 0.3) is 0 Å². The van der Waals surface area contributed by atoms with E-state index in [0.29, 0.717) is 0 Å². The topological polar surface area (TPSA) is 69.6 Å². The quantitative estimate of drug-likeness (QED) is 0.350. The van der Waals surface area contributed by atoms with Gasteiger partial charge in [0, 0.05) is 0 Å². The molecule has 0 fully saturated rings. The van der Waals surface area contributed by atoms with E-state index >= 15 is 0 Å². The average molecular weight is 424 g/mol. The smallest absolute Gasteiger partial charge is 0.321 e. The summed E-state index contributed by atoms with van der Waals surface area (Å²) < 4.78 is 0. The van der Waals surface area contributed by atoms with Gasteiger partial charge in [-0.3, -0.25) is 10.1 Å². The highest BCUT2D eigenvalue weighted by Crippen LogP contribution is 2.37. The summed E-state index contributed by atoms with van der Waals surface area (Å²) in [5.74, 6) is -0.786. The Kier molecular flexibility index (Phi) is 6.34. The Labute approximate surface area is 187 Å². The Balaban J connectivity index is 1.88. The number of carboxylic acids is 1. The standard InChI is InChI=1S/C28H25NO3/c30-25-18-16-21(17-19-25)20-26(27(31)32)29-28(22-10-4-1-5-11-22,23-12-6-2-7-13-23)24-14-8-3-9-15-24/h1-19,26,29-30H,20H2,(H,31,32). The maximum atomic E-state index is 12.4. The van der Waals surface area contributed by atoms with Gasteiger partial charge < -0.3 is 10.2 Å². The normalized spacial score (nSPS) is 12.2. The first kappa shape index (κ1) is 21.3. The zero-order chi connectivity index (χ0) is 22.4. The lowest BCUT2D eigenvalue weighted by Crippen LogP contribution is -2.53. The van der Waals surface area contributed by atoms with Gasteiger partial charge in [-0.25, -0.2) is 0 Å². The van der Waals surface area contributed by atoms with Gasteiger partial charge in [0.2, 0.25) is 0 Å². The van der Waals surface area contributed by atoms with Crippen molar-refractivity contribution in [3.05, 3.63) is 138 Å². The minimum Gasteiger partial charge on any atom is -0.508 e. The number of carboxylic acid groups (broad SMARTS) is 1. The van der Waals surface area contributed by atoms with Crippen molar-refractivity contribution in [3.63, 3.8) is 0 Å². The molecular weight excluding hydrogens is 398 g/mol. The third-order valence-corrected chi connectivity index (χ3v) is 5.69. The molecule has 0 heterocycles. The molecule has 4 aromatic rings. The molecule has 4 nitrogen and oxygen atoms in total. The Bertz CT molecular complexity index is 1050. The van der Waals surface area contributed by atoms with Crippen LogP contribution in [0.5, 0.6) is 5.75 Å². The molecule has 0 aliphatic heterocycles. The van der Waals surface area contributed by atoms with Crippen molar-refractivity contribution < 1.29 is 15.0 Å². The largest absolute Gasteiger partial charge is 0.508 e. The van der Waals surface area contributed by atoms with Crippen LogP contribution in [0.4, 0.5) is 0 Å². The van der Waals surface area contributed by atoms with Crippen molar-refractivity contribution in [1.82, 2.24) is 5.32 Å². The SMILES string of the molecule is O=C(O)C(Cc1ccc(O)cc1)NC(c1ccccc1)(c1ccccc1)c1ccccc1. The van der Waals surface area contributed by atoms with Crippen LogP contribution >= 0.6 is 0 Å². The minimum atomic E-state index is -0.940. The van der Waals surface area contributed by atoms with E-state index in [1.54, 1.807) is 24.3 Å². The number of carbonyl (C=O) groups is 1. The van der Waals surface area contributed by atoms with E-state index in [-0.39, 0.29) is 12.2 Å². The first-order chi connectivity index (χ1) is 15.6. The fourth-order valence-corrected chi connectivity index (χ4v) is 4.14. The number of phenols is 1. The molecule has 0 aliphatic carbocycles. The van der Waals surface area contributed by atoms with Crippen LogP contribution in [0.3, 0.4) is 0 Å². The molecule has 3 N–H and O–H groups in total. The van der Waals surface area contributed by atoms with Crippen LogP contribution in [-0.2, 0) is 16.8 Å². The maximum Gasteiger partial charge on any atom is 0.321 e. The molecule has 0 bridgehead atoms. The number of nitrogens with one attached hydrogen (secondary N) is 1. The number of hydrogen-bond acceptors (Lipinski definition) is 3. The number of phenolic OH excluding ortho intramolecular Hbond substituents is 1. The first-order valence-corrected chi connectivity index (χ1v) is 10.5. The summed E-state index contributed by atoms with van der Waals surface area (Å²) in [6.45, 7) is 0. The Hall–Kier alpha value is -3.89.